The summed E-state index contributed by atoms with van der Waals surface area (Å²) in [6.45, 7) is -0.237. The summed E-state index contributed by atoms with van der Waals surface area (Å²) in [5.41, 5.74) is 0.327. The lowest BCUT2D eigenvalue weighted by Crippen LogP contribution is -2.39. The van der Waals surface area contributed by atoms with Crippen LogP contribution in [0.1, 0.15) is 10.4 Å². The van der Waals surface area contributed by atoms with Crippen LogP contribution in [0.5, 0.6) is 0 Å². The van der Waals surface area contributed by atoms with Crippen LogP contribution >= 0.6 is 11.3 Å². The Morgan fingerprint density at radius 3 is 2.50 bits per heavy atom. The lowest BCUT2D eigenvalue weighted by atomic mass is 10.2. The van der Waals surface area contributed by atoms with E-state index in [4.69, 9.17) is 0 Å². The van der Waals surface area contributed by atoms with E-state index in [1.165, 1.54) is 42.2 Å². The summed E-state index contributed by atoms with van der Waals surface area (Å²) in [6, 6.07) is 7.82. The number of carbonyl (C=O) groups is 2. The number of carbonyl (C=O) groups excluding carboxylic acids is 2. The highest BCUT2D eigenvalue weighted by atomic mass is 32.1. The summed E-state index contributed by atoms with van der Waals surface area (Å²) >= 11 is 1.22. The van der Waals surface area contributed by atoms with Gasteiger partial charge in [0.25, 0.3) is 5.56 Å². The van der Waals surface area contributed by atoms with Crippen molar-refractivity contribution < 1.29 is 14.3 Å². The Morgan fingerprint density at radius 1 is 1.15 bits per heavy atom. The summed E-state index contributed by atoms with van der Waals surface area (Å²) in [6.07, 6.45) is 0. The van der Waals surface area contributed by atoms with Gasteiger partial charge in [0.2, 0.25) is 5.91 Å². The average molecular weight is 373 g/mol. The maximum Gasteiger partial charge on any atom is 0.337 e. The number of methoxy groups -OCH3 is 1. The Kier molecular flexibility index (Phi) is 4.72. The molecule has 1 amide bonds. The molecule has 0 radical (unpaired) electrons. The van der Waals surface area contributed by atoms with Gasteiger partial charge in [-0.2, -0.15) is 0 Å². The van der Waals surface area contributed by atoms with Crippen molar-refractivity contribution in [3.8, 4) is 0 Å². The number of thiophene rings is 1. The molecule has 8 nitrogen and oxygen atoms in total. The second-order valence-corrected chi connectivity index (χ2v) is 6.40. The Hall–Kier alpha value is -3.20. The fourth-order valence-electron chi connectivity index (χ4n) is 2.50. The number of nitrogens with zero attached hydrogens (tertiary/aromatic N) is 2. The molecule has 3 rings (SSSR count). The summed E-state index contributed by atoms with van der Waals surface area (Å²) in [4.78, 5) is 48.1. The van der Waals surface area contributed by atoms with E-state index < -0.39 is 17.6 Å². The number of hydrogen-bond donors (Lipinski definition) is 1. The zero-order chi connectivity index (χ0) is 18.8. The second-order valence-electron chi connectivity index (χ2n) is 5.48. The first-order valence-electron chi connectivity index (χ1n) is 7.57. The van der Waals surface area contributed by atoms with Crippen LogP contribution in [-0.2, 0) is 23.1 Å². The number of ether oxygens (including phenoxy) is 1. The van der Waals surface area contributed by atoms with E-state index in [-0.39, 0.29) is 12.1 Å². The maximum atomic E-state index is 12.3. The maximum absolute atomic E-state index is 12.3. The first-order valence-corrected chi connectivity index (χ1v) is 8.45. The number of benzene rings is 1. The van der Waals surface area contributed by atoms with Crippen molar-refractivity contribution in [3.05, 3.63) is 62.1 Å². The second kappa shape index (κ2) is 6.96. The highest BCUT2D eigenvalue weighted by molar-refractivity contribution is 7.17. The standard InChI is InChI=1S/C17H15N3O5S/c1-19-15(22)14-12(7-8-26-14)20(17(19)24)9-13(21)18-11-5-3-10(4-6-11)16(23)25-2/h3-8H,9H2,1-2H3,(H,18,21). The third kappa shape index (κ3) is 3.16. The molecular weight excluding hydrogens is 358 g/mol. The van der Waals surface area contributed by atoms with Crippen LogP contribution in [0.25, 0.3) is 10.2 Å². The highest BCUT2D eigenvalue weighted by Gasteiger charge is 2.14. The Labute approximate surface area is 151 Å². The van der Waals surface area contributed by atoms with E-state index in [0.29, 0.717) is 21.5 Å². The monoisotopic (exact) mass is 373 g/mol. The van der Waals surface area contributed by atoms with Crippen LogP contribution < -0.4 is 16.6 Å². The normalized spacial score (nSPS) is 10.7. The fraction of sp³-hybridized carbons (Fsp3) is 0.176. The van der Waals surface area contributed by atoms with Crippen LogP contribution in [0.3, 0.4) is 0 Å². The quantitative estimate of drug-likeness (QED) is 0.693. The lowest BCUT2D eigenvalue weighted by Gasteiger charge is -2.10. The zero-order valence-corrected chi connectivity index (χ0v) is 14.8. The highest BCUT2D eigenvalue weighted by Crippen LogP contribution is 2.15. The first-order chi connectivity index (χ1) is 12.4. The minimum atomic E-state index is -0.558. The third-order valence-corrected chi connectivity index (χ3v) is 4.74. The molecule has 0 aliphatic heterocycles. The summed E-state index contributed by atoms with van der Waals surface area (Å²) in [5.74, 6) is -0.899. The molecule has 0 aliphatic carbocycles. The van der Waals surface area contributed by atoms with Gasteiger partial charge in [-0.05, 0) is 35.7 Å². The number of hydrogen-bond acceptors (Lipinski definition) is 6. The molecule has 0 aliphatic rings. The molecule has 2 heterocycles. The van der Waals surface area contributed by atoms with Crippen molar-refractivity contribution in [2.45, 2.75) is 6.54 Å². The van der Waals surface area contributed by atoms with E-state index in [1.54, 1.807) is 23.6 Å². The Balaban J connectivity index is 1.84. The van der Waals surface area contributed by atoms with Gasteiger partial charge in [-0.25, -0.2) is 9.59 Å². The molecule has 134 valence electrons. The van der Waals surface area contributed by atoms with Crippen molar-refractivity contribution in [1.29, 1.82) is 0 Å². The number of esters is 1. The van der Waals surface area contributed by atoms with Gasteiger partial charge in [-0.3, -0.25) is 18.7 Å². The lowest BCUT2D eigenvalue weighted by molar-refractivity contribution is -0.116. The van der Waals surface area contributed by atoms with E-state index in [9.17, 15) is 19.2 Å². The van der Waals surface area contributed by atoms with Crippen molar-refractivity contribution in [2.24, 2.45) is 7.05 Å². The minimum Gasteiger partial charge on any atom is -0.465 e. The van der Waals surface area contributed by atoms with Crippen LogP contribution in [0.4, 0.5) is 5.69 Å². The number of rotatable bonds is 4. The zero-order valence-electron chi connectivity index (χ0n) is 14.0. The van der Waals surface area contributed by atoms with E-state index in [2.05, 4.69) is 10.1 Å². The molecule has 1 N–H and O–H groups in total. The predicted molar refractivity (Wildman–Crippen MR) is 97.7 cm³/mol. The molecule has 0 atom stereocenters. The first kappa shape index (κ1) is 17.6. The van der Waals surface area contributed by atoms with Gasteiger partial charge < -0.3 is 10.1 Å². The third-order valence-electron chi connectivity index (χ3n) is 3.84. The number of aromatic nitrogens is 2. The van der Waals surface area contributed by atoms with Gasteiger partial charge in [0.1, 0.15) is 11.2 Å². The molecule has 0 fully saturated rings. The Bertz CT molecular complexity index is 1110. The topological polar surface area (TPSA) is 99.4 Å². The fourth-order valence-corrected chi connectivity index (χ4v) is 3.37. The minimum absolute atomic E-state index is 0.237. The van der Waals surface area contributed by atoms with Crippen LogP contribution in [0, 0.1) is 0 Å². The largest absolute Gasteiger partial charge is 0.465 e. The predicted octanol–water partition coefficient (Wildman–Crippen LogP) is 1.19. The molecule has 0 bridgehead atoms. The van der Waals surface area contributed by atoms with Crippen molar-refractivity contribution in [2.75, 3.05) is 12.4 Å². The van der Waals surface area contributed by atoms with Gasteiger partial charge in [0.15, 0.2) is 0 Å². The molecule has 1 aromatic carbocycles. The molecule has 0 unspecified atom stereocenters. The molecule has 0 saturated carbocycles. The van der Waals surface area contributed by atoms with Gasteiger partial charge in [-0.1, -0.05) is 0 Å². The molecule has 0 spiro atoms. The molecule has 26 heavy (non-hydrogen) atoms. The SMILES string of the molecule is COC(=O)c1ccc(NC(=O)Cn2c(=O)n(C)c(=O)c3sccc32)cc1. The molecular formula is C17H15N3O5S. The van der Waals surface area contributed by atoms with Crippen LogP contribution in [0.15, 0.2) is 45.3 Å². The van der Waals surface area contributed by atoms with E-state index in [0.717, 1.165) is 4.57 Å². The Morgan fingerprint density at radius 2 is 1.85 bits per heavy atom. The van der Waals surface area contributed by atoms with E-state index in [1.807, 2.05) is 0 Å². The summed E-state index contributed by atoms with van der Waals surface area (Å²) in [5, 5.41) is 4.36. The molecule has 9 heteroatoms. The number of amides is 1. The van der Waals surface area contributed by atoms with Crippen molar-refractivity contribution in [1.82, 2.24) is 9.13 Å². The van der Waals surface area contributed by atoms with Gasteiger partial charge in [0, 0.05) is 12.7 Å². The molecule has 0 saturated heterocycles. The number of anilines is 1. The van der Waals surface area contributed by atoms with Crippen molar-refractivity contribution >= 4 is 39.1 Å². The van der Waals surface area contributed by atoms with Crippen LogP contribution in [0.2, 0.25) is 0 Å². The molecule has 3 aromatic rings. The van der Waals surface area contributed by atoms with Gasteiger partial charge in [-0.15, -0.1) is 11.3 Å². The van der Waals surface area contributed by atoms with Gasteiger partial charge in [0.05, 0.1) is 18.2 Å². The van der Waals surface area contributed by atoms with Crippen LogP contribution in [-0.4, -0.2) is 28.1 Å². The number of fused-ring (bicyclic) bond motifs is 1. The average Bonchev–Trinajstić information content (AvgIpc) is 3.13. The summed E-state index contributed by atoms with van der Waals surface area (Å²) in [7, 11) is 2.66. The smallest absolute Gasteiger partial charge is 0.337 e. The summed E-state index contributed by atoms with van der Waals surface area (Å²) < 4.78 is 7.27. The van der Waals surface area contributed by atoms with Gasteiger partial charge >= 0.3 is 11.7 Å². The van der Waals surface area contributed by atoms with Crippen molar-refractivity contribution in [3.63, 3.8) is 0 Å². The number of nitrogens with one attached hydrogen (secondary N) is 1. The van der Waals surface area contributed by atoms with E-state index >= 15 is 0 Å². The molecule has 2 aromatic heterocycles.